The maximum absolute atomic E-state index is 13.9. The van der Waals surface area contributed by atoms with Gasteiger partial charge in [-0.2, -0.15) is 13.2 Å². The van der Waals surface area contributed by atoms with Gasteiger partial charge < -0.3 is 19.8 Å². The van der Waals surface area contributed by atoms with Crippen LogP contribution in [0, 0.1) is 11.6 Å². The summed E-state index contributed by atoms with van der Waals surface area (Å²) in [5, 5.41) is 3.03. The van der Waals surface area contributed by atoms with Crippen LogP contribution in [-0.4, -0.2) is 30.3 Å². The summed E-state index contributed by atoms with van der Waals surface area (Å²) in [5.41, 5.74) is -4.74. The van der Waals surface area contributed by atoms with Crippen LogP contribution in [0.3, 0.4) is 0 Å². The molecule has 0 radical (unpaired) electrons. The predicted molar refractivity (Wildman–Crippen MR) is 81.6 cm³/mol. The summed E-state index contributed by atoms with van der Waals surface area (Å²) in [6.45, 7) is 0.784. The van der Waals surface area contributed by atoms with Crippen molar-refractivity contribution >= 4 is 17.6 Å². The van der Waals surface area contributed by atoms with Gasteiger partial charge in [-0.3, -0.25) is 4.79 Å². The lowest BCUT2D eigenvalue weighted by atomic mass is 10.1. The summed E-state index contributed by atoms with van der Waals surface area (Å²) >= 11 is 0. The number of nitrogens with one attached hydrogen (secondary N) is 2. The molecule has 2 rings (SSSR count). The first kappa shape index (κ1) is 20.2. The SMILES string of the molecule is CCOC(=O)[C@@](NC(=O)c1ccco1)(Nc1ccc(F)cc1F)C(F)(F)F. The molecule has 2 aromatic rings. The van der Waals surface area contributed by atoms with E-state index in [1.54, 1.807) is 5.32 Å². The number of carbonyl (C=O) groups excluding carboxylic acids is 2. The van der Waals surface area contributed by atoms with Gasteiger partial charge in [0, 0.05) is 6.07 Å². The Hall–Kier alpha value is -3.11. The molecule has 1 atom stereocenters. The normalized spacial score (nSPS) is 13.6. The largest absolute Gasteiger partial charge is 0.463 e. The second-order valence-electron chi connectivity index (χ2n) is 5.15. The third kappa shape index (κ3) is 4.18. The fourth-order valence-corrected chi connectivity index (χ4v) is 2.06. The van der Waals surface area contributed by atoms with E-state index in [1.807, 2.05) is 0 Å². The number of esters is 1. The van der Waals surface area contributed by atoms with E-state index in [0.29, 0.717) is 18.2 Å². The topological polar surface area (TPSA) is 80.6 Å². The van der Waals surface area contributed by atoms with Crippen molar-refractivity contribution in [2.75, 3.05) is 11.9 Å². The van der Waals surface area contributed by atoms with Crippen molar-refractivity contribution in [3.8, 4) is 0 Å². The van der Waals surface area contributed by atoms with E-state index in [2.05, 4.69) is 4.74 Å². The third-order valence-electron chi connectivity index (χ3n) is 3.31. The molecule has 0 aliphatic rings. The summed E-state index contributed by atoms with van der Waals surface area (Å²) in [4.78, 5) is 24.3. The Morgan fingerprint density at radius 2 is 1.89 bits per heavy atom. The first-order valence-corrected chi connectivity index (χ1v) is 7.44. The Morgan fingerprint density at radius 3 is 2.41 bits per heavy atom. The molecule has 0 aliphatic carbocycles. The molecule has 0 spiro atoms. The highest BCUT2D eigenvalue weighted by Crippen LogP contribution is 2.34. The lowest BCUT2D eigenvalue weighted by Gasteiger charge is -2.35. The van der Waals surface area contributed by atoms with Gasteiger partial charge in [0.1, 0.15) is 11.6 Å². The molecule has 1 heterocycles. The van der Waals surface area contributed by atoms with E-state index in [4.69, 9.17) is 4.42 Å². The maximum atomic E-state index is 13.9. The third-order valence-corrected chi connectivity index (χ3v) is 3.31. The molecule has 2 N–H and O–H groups in total. The Balaban J connectivity index is 2.53. The predicted octanol–water partition coefficient (Wildman–Crippen LogP) is 3.22. The summed E-state index contributed by atoms with van der Waals surface area (Å²) < 4.78 is 77.6. The number of rotatable bonds is 6. The fraction of sp³-hybridized carbons (Fsp3) is 0.250. The zero-order valence-electron chi connectivity index (χ0n) is 13.7. The first-order chi connectivity index (χ1) is 12.6. The number of hydrogen-bond donors (Lipinski definition) is 2. The van der Waals surface area contributed by atoms with Crippen LogP contribution in [0.2, 0.25) is 0 Å². The van der Waals surface area contributed by atoms with Crippen LogP contribution in [0.1, 0.15) is 17.5 Å². The smallest absolute Gasteiger partial charge is 0.441 e. The molecule has 0 bridgehead atoms. The number of hydrogen-bond acceptors (Lipinski definition) is 5. The molecule has 0 fully saturated rings. The Morgan fingerprint density at radius 1 is 1.19 bits per heavy atom. The van der Waals surface area contributed by atoms with E-state index in [9.17, 15) is 31.5 Å². The number of alkyl halides is 3. The molecule has 0 unspecified atom stereocenters. The molecule has 0 saturated carbocycles. The van der Waals surface area contributed by atoms with Gasteiger partial charge in [0.15, 0.2) is 5.76 Å². The van der Waals surface area contributed by atoms with Crippen LogP contribution >= 0.6 is 0 Å². The summed E-state index contributed by atoms with van der Waals surface area (Å²) in [6.07, 6.45) is -4.44. The molecule has 6 nitrogen and oxygen atoms in total. The Kier molecular flexibility index (Phi) is 5.72. The second-order valence-corrected chi connectivity index (χ2v) is 5.15. The van der Waals surface area contributed by atoms with E-state index in [1.165, 1.54) is 18.3 Å². The van der Waals surface area contributed by atoms with E-state index in [-0.39, 0.29) is 0 Å². The molecule has 11 heteroatoms. The van der Waals surface area contributed by atoms with Crippen molar-refractivity contribution < 1.29 is 40.7 Å². The molecule has 1 amide bonds. The minimum absolute atomic E-state index is 0.309. The molecule has 1 aromatic carbocycles. The van der Waals surface area contributed by atoms with Gasteiger partial charge in [-0.1, -0.05) is 0 Å². The highest BCUT2D eigenvalue weighted by atomic mass is 19.4. The van der Waals surface area contributed by atoms with E-state index in [0.717, 1.165) is 12.3 Å². The highest BCUT2D eigenvalue weighted by molar-refractivity contribution is 5.97. The van der Waals surface area contributed by atoms with Gasteiger partial charge in [-0.15, -0.1) is 0 Å². The fourth-order valence-electron chi connectivity index (χ4n) is 2.06. The molecule has 146 valence electrons. The van der Waals surface area contributed by atoms with Crippen molar-refractivity contribution in [1.29, 1.82) is 0 Å². The standard InChI is InChI=1S/C16H13F5N2O4/c1-2-26-14(25)15(16(19,20)21,23-13(24)12-4-3-7-27-12)22-11-6-5-9(17)8-10(11)18/h3-8,22H,2H2,1H3,(H,23,24)/t15-/m0/s1. The van der Waals surface area contributed by atoms with Crippen molar-refractivity contribution in [2.45, 2.75) is 18.8 Å². The Bertz CT molecular complexity index is 823. The molecule has 27 heavy (non-hydrogen) atoms. The van der Waals surface area contributed by atoms with Crippen LogP contribution in [-0.2, 0) is 9.53 Å². The lowest BCUT2D eigenvalue weighted by Crippen LogP contribution is -2.69. The number of benzene rings is 1. The van der Waals surface area contributed by atoms with Crippen molar-refractivity contribution in [3.63, 3.8) is 0 Å². The second kappa shape index (κ2) is 7.64. The van der Waals surface area contributed by atoms with Crippen LogP contribution < -0.4 is 10.6 Å². The van der Waals surface area contributed by atoms with Gasteiger partial charge in [-0.05, 0) is 31.2 Å². The summed E-state index contributed by atoms with van der Waals surface area (Å²) in [6, 6.07) is 3.92. The van der Waals surface area contributed by atoms with Gasteiger partial charge in [0.2, 0.25) is 0 Å². The van der Waals surface area contributed by atoms with Gasteiger partial charge in [0.25, 0.3) is 5.91 Å². The maximum Gasteiger partial charge on any atom is 0.441 e. The molecule has 0 saturated heterocycles. The average Bonchev–Trinajstić information content (AvgIpc) is 3.10. The zero-order chi connectivity index (χ0) is 20.2. The van der Waals surface area contributed by atoms with Gasteiger partial charge in [-0.25, -0.2) is 13.6 Å². The Labute approximate surface area is 149 Å². The van der Waals surface area contributed by atoms with Crippen LogP contribution in [0.25, 0.3) is 0 Å². The van der Waals surface area contributed by atoms with Gasteiger partial charge >= 0.3 is 17.8 Å². The van der Waals surface area contributed by atoms with Crippen LogP contribution in [0.5, 0.6) is 0 Å². The number of carbonyl (C=O) groups is 2. The van der Waals surface area contributed by atoms with Crippen molar-refractivity contribution in [3.05, 3.63) is 54.0 Å². The van der Waals surface area contributed by atoms with Crippen LogP contribution in [0.4, 0.5) is 27.6 Å². The number of halogens is 5. The van der Waals surface area contributed by atoms with Crippen LogP contribution in [0.15, 0.2) is 41.0 Å². The summed E-state index contributed by atoms with van der Waals surface area (Å²) in [5.74, 6) is -6.36. The zero-order valence-corrected chi connectivity index (χ0v) is 13.7. The number of amides is 1. The molecule has 1 aromatic heterocycles. The average molecular weight is 392 g/mol. The minimum Gasteiger partial charge on any atom is -0.463 e. The molecule has 0 aliphatic heterocycles. The lowest BCUT2D eigenvalue weighted by molar-refractivity contribution is -0.204. The van der Waals surface area contributed by atoms with Crippen molar-refractivity contribution in [2.24, 2.45) is 0 Å². The first-order valence-electron chi connectivity index (χ1n) is 7.44. The number of ether oxygens (including phenoxy) is 1. The molecular formula is C16H13F5N2O4. The van der Waals surface area contributed by atoms with E-state index < -0.39 is 53.4 Å². The summed E-state index contributed by atoms with van der Waals surface area (Å²) in [7, 11) is 0. The highest BCUT2D eigenvalue weighted by Gasteiger charge is 2.64. The van der Waals surface area contributed by atoms with Crippen molar-refractivity contribution in [1.82, 2.24) is 5.32 Å². The molecular weight excluding hydrogens is 379 g/mol. The monoisotopic (exact) mass is 392 g/mol. The number of anilines is 1. The number of furan rings is 1. The van der Waals surface area contributed by atoms with E-state index >= 15 is 0 Å². The van der Waals surface area contributed by atoms with Gasteiger partial charge in [0.05, 0.1) is 18.6 Å². The quantitative estimate of drug-likeness (QED) is 0.448. The minimum atomic E-state index is -5.47.